The Morgan fingerprint density at radius 2 is 2.23 bits per heavy atom. The highest BCUT2D eigenvalue weighted by atomic mass is 32.1. The summed E-state index contributed by atoms with van der Waals surface area (Å²) < 4.78 is 0. The number of β-amino-alcohol motifs (C(OH)–C–C–N with tert-alkyl or cyclic N) is 1. The molecule has 2 atom stereocenters. The standard InChI is InChI=1S/C16H19N3O2S/c1-2-13-14(10-6-4-3-5-7-10)18-16(22-13)19-15(21)12-8-11(20)9-17-12/h3-7,11-12,17,20H,2,8-9H2,1H3,(H,18,19,21)/t11-,12+/m1/s1. The molecule has 1 aliphatic heterocycles. The van der Waals surface area contributed by atoms with Crippen LogP contribution in [0.25, 0.3) is 11.3 Å². The van der Waals surface area contributed by atoms with Crippen molar-refractivity contribution in [3.05, 3.63) is 35.2 Å². The zero-order valence-electron chi connectivity index (χ0n) is 12.4. The van der Waals surface area contributed by atoms with E-state index in [0.717, 1.165) is 22.6 Å². The number of carbonyl (C=O) groups excluding carboxylic acids is 1. The summed E-state index contributed by atoms with van der Waals surface area (Å²) in [5, 5.41) is 16.0. The van der Waals surface area contributed by atoms with Crippen molar-refractivity contribution in [3.63, 3.8) is 0 Å². The van der Waals surface area contributed by atoms with Gasteiger partial charge in [0.25, 0.3) is 0 Å². The molecule has 22 heavy (non-hydrogen) atoms. The third-order valence-electron chi connectivity index (χ3n) is 3.72. The number of hydrogen-bond donors (Lipinski definition) is 3. The Hall–Kier alpha value is -1.76. The highest BCUT2D eigenvalue weighted by Gasteiger charge is 2.28. The van der Waals surface area contributed by atoms with Crippen LogP contribution in [0, 0.1) is 0 Å². The number of thiazole rings is 1. The summed E-state index contributed by atoms with van der Waals surface area (Å²) in [6.45, 7) is 2.55. The van der Waals surface area contributed by atoms with E-state index < -0.39 is 6.10 Å². The number of nitrogens with zero attached hydrogens (tertiary/aromatic N) is 1. The van der Waals surface area contributed by atoms with E-state index >= 15 is 0 Å². The van der Waals surface area contributed by atoms with E-state index in [-0.39, 0.29) is 11.9 Å². The molecule has 0 spiro atoms. The Bertz CT molecular complexity index is 657. The Morgan fingerprint density at radius 1 is 1.45 bits per heavy atom. The molecule has 116 valence electrons. The second kappa shape index (κ2) is 6.56. The van der Waals surface area contributed by atoms with Crippen LogP contribution >= 0.6 is 11.3 Å². The number of hydrogen-bond acceptors (Lipinski definition) is 5. The van der Waals surface area contributed by atoms with Crippen LogP contribution in [0.15, 0.2) is 30.3 Å². The maximum Gasteiger partial charge on any atom is 0.243 e. The van der Waals surface area contributed by atoms with Crippen molar-refractivity contribution in [2.45, 2.75) is 31.9 Å². The Balaban J connectivity index is 1.78. The first kappa shape index (κ1) is 15.1. The van der Waals surface area contributed by atoms with Gasteiger partial charge in [0.15, 0.2) is 5.13 Å². The number of benzene rings is 1. The highest BCUT2D eigenvalue weighted by molar-refractivity contribution is 7.16. The molecule has 3 rings (SSSR count). The molecule has 5 nitrogen and oxygen atoms in total. The number of rotatable bonds is 4. The van der Waals surface area contributed by atoms with Crippen LogP contribution in [0.3, 0.4) is 0 Å². The number of carbonyl (C=O) groups is 1. The maximum atomic E-state index is 12.2. The van der Waals surface area contributed by atoms with Crippen LogP contribution in [0.4, 0.5) is 5.13 Å². The molecule has 1 fully saturated rings. The average Bonchev–Trinajstić information content (AvgIpc) is 3.14. The number of anilines is 1. The van der Waals surface area contributed by atoms with Crippen molar-refractivity contribution in [2.24, 2.45) is 0 Å². The number of aromatic nitrogens is 1. The molecule has 6 heteroatoms. The fourth-order valence-corrected chi connectivity index (χ4v) is 3.50. The van der Waals surface area contributed by atoms with E-state index in [4.69, 9.17) is 0 Å². The molecule has 0 unspecified atom stereocenters. The van der Waals surface area contributed by atoms with Crippen molar-refractivity contribution in [2.75, 3.05) is 11.9 Å². The fourth-order valence-electron chi connectivity index (χ4n) is 2.58. The molecular formula is C16H19N3O2S. The van der Waals surface area contributed by atoms with Gasteiger partial charge in [0, 0.05) is 17.0 Å². The first-order valence-electron chi connectivity index (χ1n) is 7.44. The number of nitrogens with one attached hydrogen (secondary N) is 2. The minimum atomic E-state index is -0.446. The molecule has 1 amide bonds. The lowest BCUT2D eigenvalue weighted by Gasteiger charge is -2.08. The first-order valence-corrected chi connectivity index (χ1v) is 8.26. The zero-order chi connectivity index (χ0) is 15.5. The lowest BCUT2D eigenvalue weighted by atomic mass is 10.1. The van der Waals surface area contributed by atoms with E-state index in [9.17, 15) is 9.90 Å². The van der Waals surface area contributed by atoms with Gasteiger partial charge in [-0.1, -0.05) is 37.3 Å². The third kappa shape index (κ3) is 3.19. The van der Waals surface area contributed by atoms with Crippen LogP contribution in [-0.4, -0.2) is 34.7 Å². The molecule has 1 aromatic heterocycles. The van der Waals surface area contributed by atoms with Crippen molar-refractivity contribution < 1.29 is 9.90 Å². The van der Waals surface area contributed by atoms with Crippen LogP contribution in [0.2, 0.25) is 0 Å². The minimum absolute atomic E-state index is 0.132. The summed E-state index contributed by atoms with van der Waals surface area (Å²) in [5.41, 5.74) is 1.99. The lowest BCUT2D eigenvalue weighted by molar-refractivity contribution is -0.117. The second-order valence-electron chi connectivity index (χ2n) is 5.35. The van der Waals surface area contributed by atoms with Gasteiger partial charge in [-0.25, -0.2) is 4.98 Å². The van der Waals surface area contributed by atoms with Gasteiger partial charge in [-0.05, 0) is 12.8 Å². The number of aliphatic hydroxyl groups is 1. The maximum absolute atomic E-state index is 12.2. The van der Waals surface area contributed by atoms with E-state index in [0.29, 0.717) is 18.1 Å². The molecule has 1 aliphatic rings. The Kier molecular flexibility index (Phi) is 4.52. The molecule has 0 saturated carbocycles. The first-order chi connectivity index (χ1) is 10.7. The number of aliphatic hydroxyl groups excluding tert-OH is 1. The van der Waals surface area contributed by atoms with Crippen molar-refractivity contribution >= 4 is 22.4 Å². The van der Waals surface area contributed by atoms with Gasteiger partial charge in [0.1, 0.15) is 0 Å². The summed E-state index contributed by atoms with van der Waals surface area (Å²) >= 11 is 1.51. The SMILES string of the molecule is CCc1sc(NC(=O)[C@@H]2C[C@@H](O)CN2)nc1-c1ccccc1. The predicted molar refractivity (Wildman–Crippen MR) is 88.0 cm³/mol. The van der Waals surface area contributed by atoms with E-state index in [1.165, 1.54) is 11.3 Å². The lowest BCUT2D eigenvalue weighted by Crippen LogP contribution is -2.35. The monoisotopic (exact) mass is 317 g/mol. The quantitative estimate of drug-likeness (QED) is 0.807. The van der Waals surface area contributed by atoms with Crippen molar-refractivity contribution in [3.8, 4) is 11.3 Å². The predicted octanol–water partition coefficient (Wildman–Crippen LogP) is 2.03. The van der Waals surface area contributed by atoms with E-state index in [1.807, 2.05) is 30.3 Å². The van der Waals surface area contributed by atoms with Crippen LogP contribution in [-0.2, 0) is 11.2 Å². The second-order valence-corrected chi connectivity index (χ2v) is 6.43. The molecule has 3 N–H and O–H groups in total. The number of amides is 1. The third-order valence-corrected chi connectivity index (χ3v) is 4.84. The highest BCUT2D eigenvalue weighted by Crippen LogP contribution is 2.31. The Morgan fingerprint density at radius 3 is 2.86 bits per heavy atom. The Labute approximate surface area is 133 Å². The van der Waals surface area contributed by atoms with Gasteiger partial charge in [-0.3, -0.25) is 4.79 Å². The van der Waals surface area contributed by atoms with Crippen LogP contribution in [0.5, 0.6) is 0 Å². The summed E-state index contributed by atoms with van der Waals surface area (Å²) in [4.78, 5) is 17.9. The smallest absolute Gasteiger partial charge is 0.243 e. The van der Waals surface area contributed by atoms with Crippen molar-refractivity contribution in [1.82, 2.24) is 10.3 Å². The largest absolute Gasteiger partial charge is 0.392 e. The molecule has 0 aliphatic carbocycles. The van der Waals surface area contributed by atoms with Gasteiger partial charge in [0.2, 0.25) is 5.91 Å². The van der Waals surface area contributed by atoms with Gasteiger partial charge < -0.3 is 15.7 Å². The minimum Gasteiger partial charge on any atom is -0.392 e. The van der Waals surface area contributed by atoms with E-state index in [2.05, 4.69) is 22.5 Å². The summed E-state index contributed by atoms with van der Waals surface area (Å²) in [5.74, 6) is -0.132. The van der Waals surface area contributed by atoms with Crippen LogP contribution < -0.4 is 10.6 Å². The normalized spacial score (nSPS) is 21.0. The molecule has 1 saturated heterocycles. The zero-order valence-corrected chi connectivity index (χ0v) is 13.2. The molecule has 1 aromatic carbocycles. The van der Waals surface area contributed by atoms with Crippen LogP contribution in [0.1, 0.15) is 18.2 Å². The van der Waals surface area contributed by atoms with Gasteiger partial charge >= 0.3 is 0 Å². The molecule has 0 radical (unpaired) electrons. The molecule has 0 bridgehead atoms. The van der Waals surface area contributed by atoms with E-state index in [1.54, 1.807) is 0 Å². The molecule has 2 aromatic rings. The molecular weight excluding hydrogens is 298 g/mol. The van der Waals surface area contributed by atoms with Gasteiger partial charge in [0.05, 0.1) is 17.8 Å². The average molecular weight is 317 g/mol. The van der Waals surface area contributed by atoms with Crippen molar-refractivity contribution in [1.29, 1.82) is 0 Å². The topological polar surface area (TPSA) is 74.2 Å². The summed E-state index contributed by atoms with van der Waals surface area (Å²) in [6.07, 6.45) is 0.875. The fraction of sp³-hybridized carbons (Fsp3) is 0.375. The van der Waals surface area contributed by atoms with Gasteiger partial charge in [-0.15, -0.1) is 11.3 Å². The van der Waals surface area contributed by atoms with Gasteiger partial charge in [-0.2, -0.15) is 0 Å². The summed E-state index contributed by atoms with van der Waals surface area (Å²) in [7, 11) is 0. The summed E-state index contributed by atoms with van der Waals surface area (Å²) in [6, 6.07) is 9.64. The number of aryl methyl sites for hydroxylation is 1. The molecule has 2 heterocycles.